The van der Waals surface area contributed by atoms with Gasteiger partial charge in [-0.05, 0) is 0 Å². The van der Waals surface area contributed by atoms with Crippen LogP contribution in [0.5, 0.6) is 0 Å². The molecule has 0 aromatic heterocycles. The number of rotatable bonds is 2. The Hall–Kier alpha value is -1.59. The maximum atomic E-state index is 10.6. The van der Waals surface area contributed by atoms with Gasteiger partial charge in [0, 0.05) is 12.4 Å². The third-order valence-electron chi connectivity index (χ3n) is 1.23. The number of carboxylic acids is 1. The number of hydrogen-bond donors (Lipinski definition) is 2. The second kappa shape index (κ2) is 2.57. The number of hydrogen-bond acceptors (Lipinski definition) is 4. The van der Waals surface area contributed by atoms with Gasteiger partial charge in [0.2, 0.25) is 0 Å². The van der Waals surface area contributed by atoms with E-state index in [4.69, 9.17) is 0 Å². The Morgan fingerprint density at radius 2 is 2.18 bits per heavy atom. The molecule has 0 unspecified atom stereocenters. The number of carboxylic acid groups (broad SMARTS) is 1. The van der Waals surface area contributed by atoms with E-state index < -0.39 is 30.4 Å². The summed E-state index contributed by atoms with van der Waals surface area (Å²) in [5.74, 6) is -1.99. The standard InChI is InChI=1S/C5H6N2O4/c8-3(9)1-2-4(10)7-5(11)6-2/h2H,1H2,(H,8,9)(H2,6,7,10,11)/p-1/t2-/m0/s1. The molecule has 0 aliphatic carbocycles. The second-order valence-electron chi connectivity index (χ2n) is 2.09. The highest BCUT2D eigenvalue weighted by molar-refractivity contribution is 6.05. The van der Waals surface area contributed by atoms with Crippen LogP contribution in [0.1, 0.15) is 6.42 Å². The first kappa shape index (κ1) is 7.52. The first-order valence-corrected chi connectivity index (χ1v) is 2.91. The van der Waals surface area contributed by atoms with Gasteiger partial charge in [0.1, 0.15) is 6.04 Å². The van der Waals surface area contributed by atoms with Crippen LogP contribution in [0.2, 0.25) is 0 Å². The number of amides is 3. The Labute approximate surface area is 61.6 Å². The fourth-order valence-corrected chi connectivity index (χ4v) is 0.769. The van der Waals surface area contributed by atoms with Gasteiger partial charge in [0.25, 0.3) is 5.91 Å². The van der Waals surface area contributed by atoms with Crippen molar-refractivity contribution in [2.75, 3.05) is 0 Å². The topological polar surface area (TPSA) is 98.3 Å². The van der Waals surface area contributed by atoms with E-state index in [-0.39, 0.29) is 0 Å². The summed E-state index contributed by atoms with van der Waals surface area (Å²) in [6.45, 7) is 0. The van der Waals surface area contributed by atoms with E-state index in [1.165, 1.54) is 0 Å². The van der Waals surface area contributed by atoms with Crippen molar-refractivity contribution in [3.05, 3.63) is 0 Å². The first-order chi connectivity index (χ1) is 5.09. The molecule has 1 atom stereocenters. The van der Waals surface area contributed by atoms with Crippen molar-refractivity contribution in [2.45, 2.75) is 12.5 Å². The molecule has 0 aromatic carbocycles. The number of carbonyl (C=O) groups excluding carboxylic acids is 3. The smallest absolute Gasteiger partial charge is 0.322 e. The zero-order valence-electron chi connectivity index (χ0n) is 5.42. The number of aliphatic carboxylic acids is 1. The maximum absolute atomic E-state index is 10.6. The fraction of sp³-hybridized carbons (Fsp3) is 0.400. The van der Waals surface area contributed by atoms with E-state index in [1.807, 2.05) is 5.32 Å². The van der Waals surface area contributed by atoms with Crippen molar-refractivity contribution in [3.63, 3.8) is 0 Å². The van der Waals surface area contributed by atoms with Gasteiger partial charge in [-0.15, -0.1) is 0 Å². The van der Waals surface area contributed by atoms with Gasteiger partial charge in [-0.25, -0.2) is 4.79 Å². The molecule has 1 aliphatic rings. The number of urea groups is 1. The summed E-state index contributed by atoms with van der Waals surface area (Å²) in [7, 11) is 0. The van der Waals surface area contributed by atoms with Crippen molar-refractivity contribution in [1.82, 2.24) is 10.6 Å². The Kier molecular flexibility index (Phi) is 1.75. The SMILES string of the molecule is O=C([O-])C[C@@H]1NC(=O)NC1=O. The molecule has 0 bridgehead atoms. The maximum Gasteiger partial charge on any atom is 0.322 e. The van der Waals surface area contributed by atoms with Crippen LogP contribution >= 0.6 is 0 Å². The zero-order chi connectivity index (χ0) is 8.43. The summed E-state index contributed by atoms with van der Waals surface area (Å²) >= 11 is 0. The van der Waals surface area contributed by atoms with Crippen molar-refractivity contribution >= 4 is 17.9 Å². The number of carbonyl (C=O) groups is 3. The van der Waals surface area contributed by atoms with Crippen LogP contribution in [0, 0.1) is 0 Å². The minimum absolute atomic E-state index is 0.489. The van der Waals surface area contributed by atoms with Gasteiger partial charge in [-0.3, -0.25) is 10.1 Å². The monoisotopic (exact) mass is 157 g/mol. The van der Waals surface area contributed by atoms with Crippen LogP contribution in [0.3, 0.4) is 0 Å². The third kappa shape index (κ3) is 1.66. The molecular formula is C5H5N2O4-. The predicted octanol–water partition coefficient (Wildman–Crippen LogP) is -2.67. The Morgan fingerprint density at radius 1 is 1.55 bits per heavy atom. The van der Waals surface area contributed by atoms with Crippen molar-refractivity contribution < 1.29 is 19.5 Å². The van der Waals surface area contributed by atoms with Crippen molar-refractivity contribution in [1.29, 1.82) is 0 Å². The van der Waals surface area contributed by atoms with E-state index in [1.54, 1.807) is 0 Å². The van der Waals surface area contributed by atoms with E-state index in [0.717, 1.165) is 0 Å². The van der Waals surface area contributed by atoms with E-state index in [0.29, 0.717) is 0 Å². The van der Waals surface area contributed by atoms with Gasteiger partial charge in [0.15, 0.2) is 0 Å². The molecule has 6 nitrogen and oxygen atoms in total. The highest BCUT2D eigenvalue weighted by Crippen LogP contribution is 1.96. The van der Waals surface area contributed by atoms with E-state index >= 15 is 0 Å². The molecule has 1 saturated heterocycles. The van der Waals surface area contributed by atoms with Crippen molar-refractivity contribution in [2.24, 2.45) is 0 Å². The molecule has 60 valence electrons. The van der Waals surface area contributed by atoms with Crippen LogP contribution in [0.25, 0.3) is 0 Å². The molecule has 1 aliphatic heterocycles. The molecule has 1 fully saturated rings. The summed E-state index contributed by atoms with van der Waals surface area (Å²) in [6, 6.07) is -1.64. The average Bonchev–Trinajstić information content (AvgIpc) is 2.09. The number of nitrogens with one attached hydrogen (secondary N) is 2. The molecule has 2 N–H and O–H groups in total. The minimum atomic E-state index is -1.37. The van der Waals surface area contributed by atoms with Crippen molar-refractivity contribution in [3.8, 4) is 0 Å². The Bertz CT molecular complexity index is 225. The number of imide groups is 1. The molecular weight excluding hydrogens is 152 g/mol. The summed E-state index contributed by atoms with van der Waals surface area (Å²) in [6.07, 6.45) is -0.489. The molecule has 0 spiro atoms. The highest BCUT2D eigenvalue weighted by atomic mass is 16.4. The largest absolute Gasteiger partial charge is 0.550 e. The zero-order valence-corrected chi connectivity index (χ0v) is 5.42. The normalized spacial score (nSPS) is 22.7. The molecule has 3 amide bonds. The summed E-state index contributed by atoms with van der Waals surface area (Å²) in [4.78, 5) is 31.0. The molecule has 0 saturated carbocycles. The lowest BCUT2D eigenvalue weighted by molar-refractivity contribution is -0.306. The summed E-state index contributed by atoms with van der Waals surface area (Å²) < 4.78 is 0. The molecule has 1 rings (SSSR count). The van der Waals surface area contributed by atoms with Gasteiger partial charge < -0.3 is 15.2 Å². The lowest BCUT2D eigenvalue weighted by Gasteiger charge is -2.05. The second-order valence-corrected chi connectivity index (χ2v) is 2.09. The van der Waals surface area contributed by atoms with Crippen LogP contribution in [-0.2, 0) is 9.59 Å². The lowest BCUT2D eigenvalue weighted by atomic mass is 10.2. The molecule has 1 heterocycles. The molecule has 6 heteroatoms. The lowest BCUT2D eigenvalue weighted by Crippen LogP contribution is -2.36. The first-order valence-electron chi connectivity index (χ1n) is 2.91. The van der Waals surface area contributed by atoms with Gasteiger partial charge in [-0.2, -0.15) is 0 Å². The fourth-order valence-electron chi connectivity index (χ4n) is 0.769. The quantitative estimate of drug-likeness (QED) is 0.427. The van der Waals surface area contributed by atoms with Gasteiger partial charge >= 0.3 is 6.03 Å². The van der Waals surface area contributed by atoms with Crippen LogP contribution < -0.4 is 15.7 Å². The Balaban J connectivity index is 2.53. The van der Waals surface area contributed by atoms with Crippen LogP contribution in [0.15, 0.2) is 0 Å². The molecule has 0 aromatic rings. The van der Waals surface area contributed by atoms with E-state index in [9.17, 15) is 19.5 Å². The summed E-state index contributed by atoms with van der Waals surface area (Å²) in [5.41, 5.74) is 0. The van der Waals surface area contributed by atoms with Gasteiger partial charge in [0.05, 0.1) is 0 Å². The highest BCUT2D eigenvalue weighted by Gasteiger charge is 2.28. The Morgan fingerprint density at radius 3 is 2.55 bits per heavy atom. The third-order valence-corrected chi connectivity index (χ3v) is 1.23. The minimum Gasteiger partial charge on any atom is -0.550 e. The molecule has 0 radical (unpaired) electrons. The van der Waals surface area contributed by atoms with Crippen LogP contribution in [0.4, 0.5) is 4.79 Å². The molecule has 11 heavy (non-hydrogen) atoms. The van der Waals surface area contributed by atoms with E-state index in [2.05, 4.69) is 5.32 Å². The van der Waals surface area contributed by atoms with Gasteiger partial charge in [-0.1, -0.05) is 0 Å². The summed E-state index contributed by atoms with van der Waals surface area (Å²) in [5, 5.41) is 14.0. The predicted molar refractivity (Wildman–Crippen MR) is 30.1 cm³/mol. The average molecular weight is 157 g/mol. The van der Waals surface area contributed by atoms with Crippen LogP contribution in [-0.4, -0.2) is 23.9 Å².